The molecule has 0 radical (unpaired) electrons. The molecule has 0 saturated heterocycles. The molecule has 0 saturated carbocycles. The van der Waals surface area contributed by atoms with Gasteiger partial charge < -0.3 is 20.1 Å². The van der Waals surface area contributed by atoms with Gasteiger partial charge in [-0.3, -0.25) is 4.72 Å². The molecule has 4 N–H and O–H groups in total. The van der Waals surface area contributed by atoms with Gasteiger partial charge in [-0.1, -0.05) is 48.0 Å². The molecule has 0 unspecified atom stereocenters. The molecule has 4 rings (SSSR count). The number of halogens is 1. The van der Waals surface area contributed by atoms with Crippen LogP contribution in [0.1, 0.15) is 11.7 Å². The van der Waals surface area contributed by atoms with Gasteiger partial charge in [0.15, 0.2) is 0 Å². The molecule has 0 aliphatic rings. The van der Waals surface area contributed by atoms with Crippen LogP contribution in [0.2, 0.25) is 5.02 Å². The maximum atomic E-state index is 11.5. The average Bonchev–Trinajstić information content (AvgIpc) is 3.36. The minimum Gasteiger partial charge on any atom is -0.492 e. The number of aliphatic hydroxyl groups is 1. The van der Waals surface area contributed by atoms with Crippen molar-refractivity contribution in [3.63, 3.8) is 0 Å². The lowest BCUT2D eigenvalue weighted by Crippen LogP contribution is -2.26. The number of aromatic amines is 1. The highest BCUT2D eigenvalue weighted by molar-refractivity contribution is 7.92. The maximum Gasteiger partial charge on any atom is 0.229 e. The summed E-state index contributed by atoms with van der Waals surface area (Å²) in [4.78, 5) is 7.80. The normalized spacial score (nSPS) is 12.3. The Bertz CT molecular complexity index is 1390. The molecular formula is C26H27ClN4O4S. The molecule has 0 amide bonds. The fraction of sp³-hybridized carbons (Fsp3) is 0.192. The van der Waals surface area contributed by atoms with Gasteiger partial charge in [0.05, 0.1) is 35.0 Å². The molecule has 3 aromatic carbocycles. The van der Waals surface area contributed by atoms with Crippen molar-refractivity contribution in [1.29, 1.82) is 0 Å². The van der Waals surface area contributed by atoms with Crippen LogP contribution in [0, 0.1) is 0 Å². The van der Waals surface area contributed by atoms with Crippen LogP contribution in [-0.2, 0) is 10.0 Å². The topological polar surface area (TPSA) is 116 Å². The SMILES string of the molecule is CS(=O)(=O)Nc1cc([C@H](O)CNCCOc2ccc(-c3cnc(-c4ccccc4)[nH]3)cc2)ccc1Cl. The van der Waals surface area contributed by atoms with Crippen LogP contribution in [0.3, 0.4) is 0 Å². The predicted molar refractivity (Wildman–Crippen MR) is 143 cm³/mol. The van der Waals surface area contributed by atoms with E-state index in [2.05, 4.69) is 20.0 Å². The summed E-state index contributed by atoms with van der Waals surface area (Å²) in [6.45, 7) is 1.20. The number of imidazole rings is 1. The van der Waals surface area contributed by atoms with E-state index in [-0.39, 0.29) is 17.3 Å². The number of hydrogen-bond acceptors (Lipinski definition) is 6. The molecular weight excluding hydrogens is 500 g/mol. The molecule has 1 atom stereocenters. The number of nitrogens with one attached hydrogen (secondary N) is 3. The van der Waals surface area contributed by atoms with Gasteiger partial charge in [0, 0.05) is 18.7 Å². The highest BCUT2D eigenvalue weighted by atomic mass is 35.5. The van der Waals surface area contributed by atoms with E-state index in [0.717, 1.165) is 34.7 Å². The third kappa shape index (κ3) is 7.08. The van der Waals surface area contributed by atoms with E-state index >= 15 is 0 Å². The van der Waals surface area contributed by atoms with E-state index in [1.165, 1.54) is 6.07 Å². The standard InChI is InChI=1S/C26H27ClN4O4S/c1-36(33,34)31-23-15-20(9-12-22(23)27)25(32)17-28-13-14-35-21-10-7-18(8-11-21)24-16-29-26(30-24)19-5-3-2-4-6-19/h2-12,15-16,25,28,31-32H,13-14,17H2,1H3,(H,29,30)/t25-/m1/s1. The lowest BCUT2D eigenvalue weighted by atomic mass is 10.1. The van der Waals surface area contributed by atoms with E-state index < -0.39 is 16.1 Å². The van der Waals surface area contributed by atoms with Crippen molar-refractivity contribution in [3.05, 3.63) is 89.6 Å². The summed E-state index contributed by atoms with van der Waals surface area (Å²) in [7, 11) is -3.48. The Morgan fingerprint density at radius 2 is 1.81 bits per heavy atom. The second-order valence-electron chi connectivity index (χ2n) is 8.22. The van der Waals surface area contributed by atoms with Crippen LogP contribution in [0.25, 0.3) is 22.6 Å². The molecule has 0 aliphatic carbocycles. The Balaban J connectivity index is 1.23. The number of rotatable bonds is 11. The zero-order valence-electron chi connectivity index (χ0n) is 19.6. The fourth-order valence-corrected chi connectivity index (χ4v) is 4.36. The van der Waals surface area contributed by atoms with Gasteiger partial charge in [-0.05, 0) is 47.5 Å². The number of sulfonamides is 1. The number of aromatic nitrogens is 2. The monoisotopic (exact) mass is 526 g/mol. The van der Waals surface area contributed by atoms with Crippen molar-refractivity contribution in [2.24, 2.45) is 0 Å². The van der Waals surface area contributed by atoms with Crippen molar-refractivity contribution >= 4 is 27.3 Å². The molecule has 8 nitrogen and oxygen atoms in total. The van der Waals surface area contributed by atoms with Crippen LogP contribution < -0.4 is 14.8 Å². The maximum absolute atomic E-state index is 11.5. The first kappa shape index (κ1) is 25.7. The van der Waals surface area contributed by atoms with Crippen LogP contribution in [0.4, 0.5) is 5.69 Å². The molecule has 188 valence electrons. The van der Waals surface area contributed by atoms with Gasteiger partial charge in [0.1, 0.15) is 18.2 Å². The zero-order valence-corrected chi connectivity index (χ0v) is 21.2. The minimum absolute atomic E-state index is 0.230. The summed E-state index contributed by atoms with van der Waals surface area (Å²) < 4.78 is 31.1. The quantitative estimate of drug-likeness (QED) is 0.214. The Labute approximate surface area is 215 Å². The average molecular weight is 527 g/mol. The lowest BCUT2D eigenvalue weighted by molar-refractivity contribution is 0.172. The molecule has 1 aromatic heterocycles. The Hall–Kier alpha value is -3.37. The number of aliphatic hydroxyl groups excluding tert-OH is 1. The minimum atomic E-state index is -3.48. The highest BCUT2D eigenvalue weighted by Gasteiger charge is 2.12. The van der Waals surface area contributed by atoms with Crippen molar-refractivity contribution in [3.8, 4) is 28.4 Å². The number of H-pyrrole nitrogens is 1. The first-order chi connectivity index (χ1) is 17.3. The van der Waals surface area contributed by atoms with Crippen LogP contribution in [0.5, 0.6) is 5.75 Å². The number of ether oxygens (including phenoxy) is 1. The third-order valence-electron chi connectivity index (χ3n) is 5.34. The number of anilines is 1. The van der Waals surface area contributed by atoms with Crippen molar-refractivity contribution in [2.75, 3.05) is 30.7 Å². The largest absolute Gasteiger partial charge is 0.492 e. The molecule has 0 spiro atoms. The van der Waals surface area contributed by atoms with Crippen molar-refractivity contribution in [1.82, 2.24) is 15.3 Å². The number of nitrogens with zero attached hydrogens (tertiary/aromatic N) is 1. The molecule has 4 aromatic rings. The van der Waals surface area contributed by atoms with Gasteiger partial charge in [0.25, 0.3) is 0 Å². The zero-order chi connectivity index (χ0) is 25.5. The molecule has 0 fully saturated rings. The number of hydrogen-bond donors (Lipinski definition) is 4. The summed E-state index contributed by atoms with van der Waals surface area (Å²) in [6.07, 6.45) is 2.02. The second-order valence-corrected chi connectivity index (χ2v) is 10.4. The number of benzene rings is 3. The lowest BCUT2D eigenvalue weighted by Gasteiger charge is -2.15. The summed E-state index contributed by atoms with van der Waals surface area (Å²) in [5, 5.41) is 13.8. The molecule has 36 heavy (non-hydrogen) atoms. The summed E-state index contributed by atoms with van der Waals surface area (Å²) in [5.41, 5.74) is 3.74. The summed E-state index contributed by atoms with van der Waals surface area (Å²) in [6, 6.07) is 22.4. The molecule has 10 heteroatoms. The van der Waals surface area contributed by atoms with Crippen LogP contribution in [-0.4, -0.2) is 49.4 Å². The van der Waals surface area contributed by atoms with Crippen molar-refractivity contribution in [2.45, 2.75) is 6.10 Å². The van der Waals surface area contributed by atoms with E-state index in [1.54, 1.807) is 12.1 Å². The highest BCUT2D eigenvalue weighted by Crippen LogP contribution is 2.27. The van der Waals surface area contributed by atoms with Gasteiger partial charge in [-0.15, -0.1) is 0 Å². The molecule has 0 bridgehead atoms. The van der Waals surface area contributed by atoms with E-state index in [0.29, 0.717) is 18.7 Å². The van der Waals surface area contributed by atoms with E-state index in [1.807, 2.05) is 60.8 Å². The fourth-order valence-electron chi connectivity index (χ4n) is 3.57. The summed E-state index contributed by atoms with van der Waals surface area (Å²) in [5.74, 6) is 1.55. The van der Waals surface area contributed by atoms with Gasteiger partial charge in [-0.25, -0.2) is 13.4 Å². The van der Waals surface area contributed by atoms with Gasteiger partial charge in [-0.2, -0.15) is 0 Å². The van der Waals surface area contributed by atoms with E-state index in [4.69, 9.17) is 16.3 Å². The molecule has 1 heterocycles. The van der Waals surface area contributed by atoms with Gasteiger partial charge >= 0.3 is 0 Å². The predicted octanol–water partition coefficient (Wildman–Crippen LogP) is 4.47. The molecule has 0 aliphatic heterocycles. The second kappa shape index (κ2) is 11.6. The van der Waals surface area contributed by atoms with Gasteiger partial charge in [0.2, 0.25) is 10.0 Å². The smallest absolute Gasteiger partial charge is 0.229 e. The third-order valence-corrected chi connectivity index (χ3v) is 6.26. The Morgan fingerprint density at radius 3 is 2.53 bits per heavy atom. The van der Waals surface area contributed by atoms with Crippen LogP contribution in [0.15, 0.2) is 79.0 Å². The van der Waals surface area contributed by atoms with E-state index in [9.17, 15) is 13.5 Å². The van der Waals surface area contributed by atoms with Crippen LogP contribution >= 0.6 is 11.6 Å². The first-order valence-electron chi connectivity index (χ1n) is 11.3. The first-order valence-corrected chi connectivity index (χ1v) is 13.5. The summed E-state index contributed by atoms with van der Waals surface area (Å²) >= 11 is 6.04. The van der Waals surface area contributed by atoms with Crippen molar-refractivity contribution < 1.29 is 18.3 Å². The Kier molecular flexibility index (Phi) is 8.27. The Morgan fingerprint density at radius 1 is 1.06 bits per heavy atom.